The lowest BCUT2D eigenvalue weighted by Crippen LogP contribution is -2.23. The van der Waals surface area contributed by atoms with Crippen molar-refractivity contribution in [2.24, 2.45) is 0 Å². The first-order chi connectivity index (χ1) is 11.6. The fourth-order valence-electron chi connectivity index (χ4n) is 2.21. The zero-order valence-corrected chi connectivity index (χ0v) is 14.3. The predicted octanol–water partition coefficient (Wildman–Crippen LogP) is 3.39. The monoisotopic (exact) mass is 363 g/mol. The maximum Gasteiger partial charge on any atom is 0.273 e. The van der Waals surface area contributed by atoms with Crippen molar-refractivity contribution in [3.05, 3.63) is 63.4 Å². The van der Waals surface area contributed by atoms with Crippen LogP contribution in [0.25, 0.3) is 10.3 Å². The van der Waals surface area contributed by atoms with Crippen molar-refractivity contribution in [2.75, 3.05) is 6.61 Å². The normalized spacial score (nSPS) is 10.9. The molecule has 0 fully saturated rings. The maximum absolute atomic E-state index is 12.8. The molecular weight excluding hydrogens is 349 g/mol. The summed E-state index contributed by atoms with van der Waals surface area (Å²) >= 11 is 6.52. The largest absolute Gasteiger partial charge is 0.492 e. The molecule has 0 spiro atoms. The number of nitrogens with zero attached hydrogens (tertiary/aromatic N) is 3. The molecule has 1 aromatic carbocycles. The van der Waals surface area contributed by atoms with Crippen molar-refractivity contribution < 1.29 is 9.13 Å². The molecule has 0 aliphatic heterocycles. The molecule has 0 atom stereocenters. The number of rotatable bonds is 6. The minimum atomic E-state index is -0.321. The van der Waals surface area contributed by atoms with Gasteiger partial charge in [0.2, 0.25) is 0 Å². The SMILES string of the molecule is C=CCn1c(=S)sc2c(=O)n(CCOc3ccc(F)cc3)cnc21. The fourth-order valence-corrected chi connectivity index (χ4v) is 3.53. The minimum Gasteiger partial charge on any atom is -0.492 e. The van der Waals surface area contributed by atoms with Gasteiger partial charge in [0.15, 0.2) is 9.60 Å². The predicted molar refractivity (Wildman–Crippen MR) is 94.8 cm³/mol. The van der Waals surface area contributed by atoms with Crippen LogP contribution in [0.3, 0.4) is 0 Å². The zero-order valence-electron chi connectivity index (χ0n) is 12.6. The van der Waals surface area contributed by atoms with Gasteiger partial charge in [0.05, 0.1) is 6.54 Å². The summed E-state index contributed by atoms with van der Waals surface area (Å²) in [4.78, 5) is 16.9. The molecule has 0 aliphatic carbocycles. The highest BCUT2D eigenvalue weighted by Gasteiger charge is 2.11. The molecule has 0 bridgehead atoms. The Morgan fingerprint density at radius 3 is 2.83 bits per heavy atom. The molecule has 3 rings (SSSR count). The van der Waals surface area contributed by atoms with Crippen LogP contribution < -0.4 is 10.3 Å². The molecule has 0 N–H and O–H groups in total. The van der Waals surface area contributed by atoms with Crippen LogP contribution in [-0.2, 0) is 13.1 Å². The van der Waals surface area contributed by atoms with Gasteiger partial charge in [-0.15, -0.1) is 6.58 Å². The topological polar surface area (TPSA) is 49.0 Å². The fraction of sp³-hybridized carbons (Fsp3) is 0.188. The quantitative estimate of drug-likeness (QED) is 0.498. The van der Waals surface area contributed by atoms with E-state index in [-0.39, 0.29) is 18.0 Å². The molecule has 0 saturated heterocycles. The Hall–Kier alpha value is -2.32. The van der Waals surface area contributed by atoms with Crippen LogP contribution in [-0.4, -0.2) is 20.7 Å². The van der Waals surface area contributed by atoms with Gasteiger partial charge >= 0.3 is 0 Å². The standard InChI is InChI=1S/C16H14FN3O2S2/c1-2-7-20-14-13(24-16(20)23)15(21)19(10-18-14)8-9-22-12-5-3-11(17)4-6-12/h2-6,10H,1,7-9H2. The number of halogens is 1. The van der Waals surface area contributed by atoms with Crippen LogP contribution in [0.5, 0.6) is 5.75 Å². The van der Waals surface area contributed by atoms with Crippen molar-refractivity contribution in [3.8, 4) is 5.75 Å². The number of aromatic nitrogens is 3. The van der Waals surface area contributed by atoms with Gasteiger partial charge in [-0.1, -0.05) is 17.4 Å². The summed E-state index contributed by atoms with van der Waals surface area (Å²) in [6, 6.07) is 5.73. The summed E-state index contributed by atoms with van der Waals surface area (Å²) in [7, 11) is 0. The lowest BCUT2D eigenvalue weighted by molar-refractivity contribution is 0.295. The number of hydrogen-bond donors (Lipinski definition) is 0. The minimum absolute atomic E-state index is 0.151. The Bertz CT molecular complexity index is 989. The molecule has 3 aromatic rings. The molecule has 5 nitrogen and oxygen atoms in total. The molecule has 0 amide bonds. The van der Waals surface area contributed by atoms with Gasteiger partial charge in [-0.25, -0.2) is 9.37 Å². The van der Waals surface area contributed by atoms with Gasteiger partial charge in [0.1, 0.15) is 29.2 Å². The van der Waals surface area contributed by atoms with E-state index in [9.17, 15) is 9.18 Å². The van der Waals surface area contributed by atoms with E-state index >= 15 is 0 Å². The molecule has 0 saturated carbocycles. The molecular formula is C16H14FN3O2S2. The molecule has 2 aromatic heterocycles. The number of benzene rings is 1. The lowest BCUT2D eigenvalue weighted by Gasteiger charge is -2.08. The van der Waals surface area contributed by atoms with Gasteiger partial charge in [-0.05, 0) is 36.5 Å². The number of thiazole rings is 1. The van der Waals surface area contributed by atoms with Crippen molar-refractivity contribution in [3.63, 3.8) is 0 Å². The third kappa shape index (κ3) is 3.29. The number of ether oxygens (including phenoxy) is 1. The summed E-state index contributed by atoms with van der Waals surface area (Å²) in [6.45, 7) is 4.82. The van der Waals surface area contributed by atoms with Crippen molar-refractivity contribution in [2.45, 2.75) is 13.1 Å². The van der Waals surface area contributed by atoms with E-state index in [2.05, 4.69) is 11.6 Å². The molecule has 124 valence electrons. The van der Waals surface area contributed by atoms with E-state index < -0.39 is 0 Å². The van der Waals surface area contributed by atoms with Crippen LogP contribution in [0.1, 0.15) is 0 Å². The van der Waals surface area contributed by atoms with Crippen molar-refractivity contribution >= 4 is 33.9 Å². The van der Waals surface area contributed by atoms with E-state index in [4.69, 9.17) is 17.0 Å². The third-order valence-corrected chi connectivity index (χ3v) is 4.80. The molecule has 0 radical (unpaired) electrons. The molecule has 24 heavy (non-hydrogen) atoms. The smallest absolute Gasteiger partial charge is 0.273 e. The first kappa shape index (κ1) is 16.5. The van der Waals surface area contributed by atoms with Gasteiger partial charge in [-0.3, -0.25) is 9.36 Å². The van der Waals surface area contributed by atoms with Crippen molar-refractivity contribution in [1.29, 1.82) is 0 Å². The van der Waals surface area contributed by atoms with Crippen LogP contribution >= 0.6 is 23.6 Å². The highest BCUT2D eigenvalue weighted by atomic mass is 32.1. The van der Waals surface area contributed by atoms with Gasteiger partial charge in [-0.2, -0.15) is 0 Å². The van der Waals surface area contributed by atoms with Gasteiger partial charge < -0.3 is 9.30 Å². The van der Waals surface area contributed by atoms with E-state index in [1.165, 1.54) is 34.4 Å². The van der Waals surface area contributed by atoms with E-state index in [1.54, 1.807) is 22.8 Å². The molecule has 8 heteroatoms. The van der Waals surface area contributed by atoms with Crippen LogP contribution in [0, 0.1) is 9.77 Å². The first-order valence-corrected chi connectivity index (χ1v) is 8.40. The van der Waals surface area contributed by atoms with E-state index in [0.29, 0.717) is 33.1 Å². The molecule has 0 unspecified atom stereocenters. The Balaban J connectivity index is 1.79. The Morgan fingerprint density at radius 1 is 1.38 bits per heavy atom. The number of hydrogen-bond acceptors (Lipinski definition) is 5. The summed E-state index contributed by atoms with van der Waals surface area (Å²) in [5.41, 5.74) is 0.423. The second-order valence-electron chi connectivity index (χ2n) is 4.97. The Labute approximate surface area is 146 Å². The zero-order chi connectivity index (χ0) is 17.1. The highest BCUT2D eigenvalue weighted by molar-refractivity contribution is 7.73. The van der Waals surface area contributed by atoms with Crippen LogP contribution in [0.4, 0.5) is 4.39 Å². The lowest BCUT2D eigenvalue weighted by atomic mass is 10.3. The van der Waals surface area contributed by atoms with Gasteiger partial charge in [0, 0.05) is 6.54 Å². The molecule has 0 aliphatic rings. The summed E-state index contributed by atoms with van der Waals surface area (Å²) < 4.78 is 22.7. The first-order valence-electron chi connectivity index (χ1n) is 7.18. The third-order valence-electron chi connectivity index (χ3n) is 3.37. The van der Waals surface area contributed by atoms with Crippen LogP contribution in [0.2, 0.25) is 0 Å². The highest BCUT2D eigenvalue weighted by Crippen LogP contribution is 2.17. The van der Waals surface area contributed by atoms with E-state index in [0.717, 1.165) is 0 Å². The van der Waals surface area contributed by atoms with Crippen molar-refractivity contribution in [1.82, 2.24) is 14.1 Å². The van der Waals surface area contributed by atoms with E-state index in [1.807, 2.05) is 0 Å². The second kappa shape index (κ2) is 7.06. The second-order valence-corrected chi connectivity index (χ2v) is 6.61. The Kier molecular flexibility index (Phi) is 4.86. The average Bonchev–Trinajstić information content (AvgIpc) is 2.89. The number of allylic oxidation sites excluding steroid dienone is 1. The number of fused-ring (bicyclic) bond motifs is 1. The summed E-state index contributed by atoms with van der Waals surface area (Å²) in [6.07, 6.45) is 3.20. The summed E-state index contributed by atoms with van der Waals surface area (Å²) in [5.74, 6) is 0.227. The Morgan fingerprint density at radius 2 is 2.12 bits per heavy atom. The maximum atomic E-state index is 12.8. The van der Waals surface area contributed by atoms with Crippen LogP contribution in [0.15, 0.2) is 48.0 Å². The summed E-state index contributed by atoms with van der Waals surface area (Å²) in [5, 5.41) is 0. The average molecular weight is 363 g/mol. The van der Waals surface area contributed by atoms with Gasteiger partial charge in [0.25, 0.3) is 5.56 Å². The molecule has 2 heterocycles.